The van der Waals surface area contributed by atoms with Gasteiger partial charge in [0, 0.05) is 0 Å². The van der Waals surface area contributed by atoms with Crippen molar-refractivity contribution in [2.75, 3.05) is 0 Å². The number of hydrogen-bond acceptors (Lipinski definition) is 2. The molecule has 0 aliphatic heterocycles. The Kier molecular flexibility index (Phi) is 4.20. The van der Waals surface area contributed by atoms with E-state index in [2.05, 4.69) is 32.0 Å². The molecule has 20 heavy (non-hydrogen) atoms. The Labute approximate surface area is 119 Å². The van der Waals surface area contributed by atoms with Crippen molar-refractivity contribution in [2.24, 2.45) is 5.73 Å². The van der Waals surface area contributed by atoms with Gasteiger partial charge in [0.1, 0.15) is 6.04 Å². The Hall–Kier alpha value is -2.13. The average molecular weight is 269 g/mol. The minimum absolute atomic E-state index is 0.332. The third-order valence-corrected chi connectivity index (χ3v) is 3.31. The fraction of sp³-hybridized carbons (Fsp3) is 0.235. The van der Waals surface area contributed by atoms with E-state index < -0.39 is 12.0 Å². The summed E-state index contributed by atoms with van der Waals surface area (Å²) in [6.45, 7) is 4.12. The molecule has 0 spiro atoms. The van der Waals surface area contributed by atoms with Gasteiger partial charge in [0.25, 0.3) is 0 Å². The second-order valence-electron chi connectivity index (χ2n) is 5.18. The summed E-state index contributed by atoms with van der Waals surface area (Å²) >= 11 is 0. The molecule has 1 atom stereocenters. The largest absolute Gasteiger partial charge is 0.480 e. The Morgan fingerprint density at radius 1 is 1.15 bits per heavy atom. The first kappa shape index (κ1) is 14.3. The molecule has 0 aliphatic carbocycles. The smallest absolute Gasteiger partial charge is 0.320 e. The fourth-order valence-corrected chi connectivity index (χ4v) is 2.43. The zero-order valence-corrected chi connectivity index (χ0v) is 11.8. The molecular weight excluding hydrogens is 250 g/mol. The van der Waals surface area contributed by atoms with Crippen LogP contribution in [0.3, 0.4) is 0 Å². The highest BCUT2D eigenvalue weighted by Crippen LogP contribution is 2.26. The Bertz CT molecular complexity index is 614. The van der Waals surface area contributed by atoms with Crippen molar-refractivity contribution < 1.29 is 9.90 Å². The van der Waals surface area contributed by atoms with E-state index in [4.69, 9.17) is 10.8 Å². The van der Waals surface area contributed by atoms with Crippen molar-refractivity contribution in [2.45, 2.75) is 26.3 Å². The van der Waals surface area contributed by atoms with Crippen molar-refractivity contribution >= 4 is 5.97 Å². The molecule has 0 aliphatic rings. The summed E-state index contributed by atoms with van der Waals surface area (Å²) in [5, 5.41) is 8.97. The normalized spacial score (nSPS) is 12.2. The molecule has 2 rings (SSSR count). The summed E-state index contributed by atoms with van der Waals surface area (Å²) in [6.07, 6.45) is 0.332. The fourth-order valence-electron chi connectivity index (χ4n) is 2.43. The molecule has 0 heterocycles. The zero-order valence-electron chi connectivity index (χ0n) is 11.8. The highest BCUT2D eigenvalue weighted by molar-refractivity contribution is 5.75. The summed E-state index contributed by atoms with van der Waals surface area (Å²) in [4.78, 5) is 10.9. The third-order valence-electron chi connectivity index (χ3n) is 3.31. The number of carbonyl (C=O) groups is 1. The predicted octanol–water partition coefficient (Wildman–Crippen LogP) is 2.92. The predicted molar refractivity (Wildman–Crippen MR) is 80.7 cm³/mol. The van der Waals surface area contributed by atoms with Crippen LogP contribution >= 0.6 is 0 Å². The molecule has 0 saturated carbocycles. The first-order valence-corrected chi connectivity index (χ1v) is 6.62. The molecule has 104 valence electrons. The highest BCUT2D eigenvalue weighted by atomic mass is 16.4. The van der Waals surface area contributed by atoms with Gasteiger partial charge in [-0.05, 0) is 37.0 Å². The molecule has 0 radical (unpaired) electrons. The van der Waals surface area contributed by atoms with Gasteiger partial charge in [0.15, 0.2) is 0 Å². The maximum Gasteiger partial charge on any atom is 0.320 e. The molecule has 2 aromatic rings. The molecular formula is C17H19NO2. The van der Waals surface area contributed by atoms with Gasteiger partial charge in [0.2, 0.25) is 0 Å². The molecule has 0 aromatic heterocycles. The number of aryl methyl sites for hydroxylation is 2. The van der Waals surface area contributed by atoms with E-state index in [1.807, 2.05) is 24.3 Å². The van der Waals surface area contributed by atoms with Crippen molar-refractivity contribution in [3.63, 3.8) is 0 Å². The summed E-state index contributed by atoms with van der Waals surface area (Å²) < 4.78 is 0. The quantitative estimate of drug-likeness (QED) is 0.897. The van der Waals surface area contributed by atoms with Crippen LogP contribution in [-0.4, -0.2) is 17.1 Å². The number of carboxylic acids is 1. The number of carboxylic acid groups (broad SMARTS) is 1. The van der Waals surface area contributed by atoms with E-state index in [0.717, 1.165) is 16.7 Å². The zero-order chi connectivity index (χ0) is 14.7. The molecule has 3 nitrogen and oxygen atoms in total. The van der Waals surface area contributed by atoms with Gasteiger partial charge in [-0.3, -0.25) is 4.79 Å². The van der Waals surface area contributed by atoms with E-state index in [1.54, 1.807) is 0 Å². The van der Waals surface area contributed by atoms with Crippen LogP contribution in [0.5, 0.6) is 0 Å². The van der Waals surface area contributed by atoms with Crippen molar-refractivity contribution in [3.05, 3.63) is 59.2 Å². The first-order valence-electron chi connectivity index (χ1n) is 6.62. The van der Waals surface area contributed by atoms with E-state index >= 15 is 0 Å². The molecule has 0 saturated heterocycles. The van der Waals surface area contributed by atoms with E-state index in [-0.39, 0.29) is 0 Å². The van der Waals surface area contributed by atoms with Gasteiger partial charge in [-0.1, -0.05) is 53.6 Å². The second-order valence-corrected chi connectivity index (χ2v) is 5.18. The second kappa shape index (κ2) is 5.88. The lowest BCUT2D eigenvalue weighted by Crippen LogP contribution is -2.32. The van der Waals surface area contributed by atoms with E-state index in [9.17, 15) is 4.79 Å². The van der Waals surface area contributed by atoms with Gasteiger partial charge in [0.05, 0.1) is 0 Å². The number of nitrogens with two attached hydrogens (primary N) is 1. The van der Waals surface area contributed by atoms with Gasteiger partial charge >= 0.3 is 5.97 Å². The first-order chi connectivity index (χ1) is 9.47. The van der Waals surface area contributed by atoms with Gasteiger partial charge in [-0.15, -0.1) is 0 Å². The van der Waals surface area contributed by atoms with Crippen LogP contribution in [0.2, 0.25) is 0 Å². The van der Waals surface area contributed by atoms with Gasteiger partial charge in [-0.2, -0.15) is 0 Å². The molecule has 3 N–H and O–H groups in total. The van der Waals surface area contributed by atoms with Crippen LogP contribution in [0, 0.1) is 13.8 Å². The molecule has 0 bridgehead atoms. The Morgan fingerprint density at radius 3 is 2.35 bits per heavy atom. The lowest BCUT2D eigenvalue weighted by Gasteiger charge is -2.13. The maximum atomic E-state index is 10.9. The average Bonchev–Trinajstić information content (AvgIpc) is 2.38. The number of hydrogen-bond donors (Lipinski definition) is 2. The topological polar surface area (TPSA) is 63.3 Å². The van der Waals surface area contributed by atoms with Gasteiger partial charge in [-0.25, -0.2) is 0 Å². The summed E-state index contributed by atoms with van der Waals surface area (Å²) in [6, 6.07) is 13.3. The van der Waals surface area contributed by atoms with Crippen molar-refractivity contribution in [3.8, 4) is 11.1 Å². The van der Waals surface area contributed by atoms with Crippen LogP contribution in [0.1, 0.15) is 16.7 Å². The lowest BCUT2D eigenvalue weighted by molar-refractivity contribution is -0.138. The van der Waals surface area contributed by atoms with Crippen molar-refractivity contribution in [1.29, 1.82) is 0 Å². The van der Waals surface area contributed by atoms with Gasteiger partial charge < -0.3 is 10.8 Å². The minimum atomic E-state index is -0.972. The number of benzene rings is 2. The SMILES string of the molecule is Cc1cc(C)cc(-c2ccccc2CC(N)C(=O)O)c1. The van der Waals surface area contributed by atoms with Crippen LogP contribution < -0.4 is 5.73 Å². The maximum absolute atomic E-state index is 10.9. The monoisotopic (exact) mass is 269 g/mol. The number of aliphatic carboxylic acids is 1. The standard InChI is InChI=1S/C17H19NO2/c1-11-7-12(2)9-14(8-11)15-6-4-3-5-13(15)10-16(18)17(19)20/h3-9,16H,10,18H2,1-2H3,(H,19,20). The molecule has 0 fully saturated rings. The van der Waals surface area contributed by atoms with Crippen LogP contribution in [0.25, 0.3) is 11.1 Å². The Morgan fingerprint density at radius 2 is 1.75 bits per heavy atom. The van der Waals surface area contributed by atoms with Crippen molar-refractivity contribution in [1.82, 2.24) is 0 Å². The van der Waals surface area contributed by atoms with Crippen LogP contribution in [0.4, 0.5) is 0 Å². The molecule has 3 heteroatoms. The lowest BCUT2D eigenvalue weighted by atomic mass is 9.93. The van der Waals surface area contributed by atoms with E-state index in [0.29, 0.717) is 6.42 Å². The number of rotatable bonds is 4. The molecule has 2 aromatic carbocycles. The summed E-state index contributed by atoms with van der Waals surface area (Å²) in [7, 11) is 0. The summed E-state index contributed by atoms with van der Waals surface area (Å²) in [5.74, 6) is -0.972. The van der Waals surface area contributed by atoms with E-state index in [1.165, 1.54) is 11.1 Å². The van der Waals surface area contributed by atoms with Crippen LogP contribution in [-0.2, 0) is 11.2 Å². The van der Waals surface area contributed by atoms with Crippen LogP contribution in [0.15, 0.2) is 42.5 Å². The molecule has 1 unspecified atom stereocenters. The third kappa shape index (κ3) is 3.25. The summed E-state index contributed by atoms with van der Waals surface area (Å²) in [5.41, 5.74) is 11.2. The Balaban J connectivity index is 2.44. The minimum Gasteiger partial charge on any atom is -0.480 e. The highest BCUT2D eigenvalue weighted by Gasteiger charge is 2.15. The molecule has 0 amide bonds.